The van der Waals surface area contributed by atoms with Crippen LogP contribution in [0.25, 0.3) is 0 Å². The Kier molecular flexibility index (Phi) is 8.25. The summed E-state index contributed by atoms with van der Waals surface area (Å²) in [5.41, 5.74) is -4.11. The smallest absolute Gasteiger partial charge is 0.496 e. The van der Waals surface area contributed by atoms with Crippen LogP contribution < -0.4 is 15.4 Å². The van der Waals surface area contributed by atoms with Gasteiger partial charge in [-0.05, 0) is 72.2 Å². The van der Waals surface area contributed by atoms with Crippen molar-refractivity contribution in [3.63, 3.8) is 0 Å². The van der Waals surface area contributed by atoms with E-state index in [-0.39, 0.29) is 40.8 Å². The number of rotatable bonds is 9. The highest BCUT2D eigenvalue weighted by atomic mass is 32.2. The Morgan fingerprint density at radius 1 is 0.955 bits per heavy atom. The first-order chi connectivity index (χ1) is 20.8. The second kappa shape index (κ2) is 11.8. The highest BCUT2D eigenvalue weighted by Gasteiger charge is 2.49. The molecule has 4 unspecified atom stereocenters. The SMILES string of the molecule is COc1ccc(Cc2ccccc2C(=O)O)cc1C(=O)NC1C2C=CC(C2)C1C(=O)Nc1cccc(S(=O)(=O)C(F)(F)F)c1. The summed E-state index contributed by atoms with van der Waals surface area (Å²) < 4.78 is 68.3. The maximum Gasteiger partial charge on any atom is 0.501 e. The number of sulfone groups is 1. The number of methoxy groups -OCH3 is 1. The van der Waals surface area contributed by atoms with Crippen LogP contribution in [0.2, 0.25) is 0 Å². The van der Waals surface area contributed by atoms with E-state index >= 15 is 0 Å². The van der Waals surface area contributed by atoms with Crippen molar-refractivity contribution in [2.45, 2.75) is 29.3 Å². The number of halogens is 3. The highest BCUT2D eigenvalue weighted by Crippen LogP contribution is 2.44. The number of ether oxygens (including phenoxy) is 1. The van der Waals surface area contributed by atoms with Gasteiger partial charge in [-0.1, -0.05) is 42.5 Å². The van der Waals surface area contributed by atoms with E-state index in [1.165, 1.54) is 19.2 Å². The maximum atomic E-state index is 13.6. The molecule has 2 amide bonds. The van der Waals surface area contributed by atoms with Gasteiger partial charge in [-0.2, -0.15) is 13.2 Å². The molecule has 0 aliphatic heterocycles. The minimum atomic E-state index is -5.62. The average molecular weight is 629 g/mol. The molecule has 2 bridgehead atoms. The lowest BCUT2D eigenvalue weighted by atomic mass is 9.87. The van der Waals surface area contributed by atoms with E-state index in [9.17, 15) is 41.1 Å². The fourth-order valence-corrected chi connectivity index (χ4v) is 6.66. The number of carboxylic acids is 1. The van der Waals surface area contributed by atoms with Crippen LogP contribution in [0, 0.1) is 17.8 Å². The lowest BCUT2D eigenvalue weighted by Crippen LogP contribution is -2.47. The fourth-order valence-electron chi connectivity index (χ4n) is 5.85. The van der Waals surface area contributed by atoms with E-state index < -0.39 is 50.0 Å². The van der Waals surface area contributed by atoms with Gasteiger partial charge >= 0.3 is 11.5 Å². The van der Waals surface area contributed by atoms with E-state index in [4.69, 9.17) is 4.74 Å². The summed E-state index contributed by atoms with van der Waals surface area (Å²) in [7, 11) is -4.22. The first-order valence-electron chi connectivity index (χ1n) is 13.5. The third-order valence-electron chi connectivity index (χ3n) is 7.93. The Balaban J connectivity index is 1.36. The number of benzene rings is 3. The summed E-state index contributed by atoms with van der Waals surface area (Å²) in [6, 6.07) is 14.7. The largest absolute Gasteiger partial charge is 0.501 e. The number of carbonyl (C=O) groups excluding carboxylic acids is 2. The van der Waals surface area contributed by atoms with Gasteiger partial charge in [0.1, 0.15) is 5.75 Å². The molecule has 3 N–H and O–H groups in total. The lowest BCUT2D eigenvalue weighted by molar-refractivity contribution is -0.121. The Morgan fingerprint density at radius 3 is 2.39 bits per heavy atom. The van der Waals surface area contributed by atoms with Crippen LogP contribution in [0.15, 0.2) is 83.8 Å². The zero-order valence-corrected chi connectivity index (χ0v) is 24.0. The standard InChI is InChI=1S/C31H27F3N2O7S/c1-43-25-12-9-17(13-18-5-2-3-8-23(18)30(39)40)14-24(25)28(37)36-27-20-11-10-19(15-20)26(27)29(38)35-21-6-4-7-22(16-21)44(41,42)31(32,33)34/h2-12,14,16,19-20,26-27H,13,15H2,1H3,(H,35,38)(H,36,37)(H,39,40). The van der Waals surface area contributed by atoms with Crippen molar-refractivity contribution >= 4 is 33.3 Å². The number of anilines is 1. The van der Waals surface area contributed by atoms with Crippen LogP contribution in [0.4, 0.5) is 18.9 Å². The first-order valence-corrected chi connectivity index (χ1v) is 15.0. The van der Waals surface area contributed by atoms with Gasteiger partial charge in [0, 0.05) is 11.7 Å². The number of amides is 2. The molecule has 2 aliphatic rings. The van der Waals surface area contributed by atoms with E-state index in [1.54, 1.807) is 36.4 Å². The summed E-state index contributed by atoms with van der Waals surface area (Å²) in [4.78, 5) is 37.7. The first kappa shape index (κ1) is 30.8. The van der Waals surface area contributed by atoms with Gasteiger partial charge < -0.3 is 20.5 Å². The number of carbonyl (C=O) groups is 3. The number of fused-ring (bicyclic) bond motifs is 2. The summed E-state index contributed by atoms with van der Waals surface area (Å²) in [5.74, 6) is -3.15. The van der Waals surface area contributed by atoms with Gasteiger partial charge in [-0.25, -0.2) is 13.2 Å². The molecule has 0 radical (unpaired) electrons. The molecule has 1 saturated carbocycles. The van der Waals surface area contributed by atoms with Crippen molar-refractivity contribution in [2.75, 3.05) is 12.4 Å². The van der Waals surface area contributed by atoms with E-state index in [1.807, 2.05) is 12.2 Å². The van der Waals surface area contributed by atoms with Gasteiger partial charge in [0.05, 0.1) is 29.1 Å². The Labute approximate surface area is 250 Å². The van der Waals surface area contributed by atoms with Crippen LogP contribution in [0.3, 0.4) is 0 Å². The monoisotopic (exact) mass is 628 g/mol. The summed E-state index contributed by atoms with van der Waals surface area (Å²) in [6.45, 7) is 0. The van der Waals surface area contributed by atoms with E-state index in [0.29, 0.717) is 17.5 Å². The Bertz CT molecular complexity index is 1770. The fraction of sp³-hybridized carbons (Fsp3) is 0.258. The number of carboxylic acid groups (broad SMARTS) is 1. The summed E-state index contributed by atoms with van der Waals surface area (Å²) >= 11 is 0. The molecule has 0 aromatic heterocycles. The molecule has 2 aliphatic carbocycles. The van der Waals surface area contributed by atoms with Crippen LogP contribution in [-0.4, -0.2) is 50.0 Å². The predicted molar refractivity (Wildman–Crippen MR) is 153 cm³/mol. The number of nitrogens with one attached hydrogen (secondary N) is 2. The van der Waals surface area contributed by atoms with Gasteiger partial charge in [-0.3, -0.25) is 9.59 Å². The molecule has 44 heavy (non-hydrogen) atoms. The lowest BCUT2D eigenvalue weighted by Gasteiger charge is -2.28. The summed E-state index contributed by atoms with van der Waals surface area (Å²) in [5, 5.41) is 15.0. The van der Waals surface area contributed by atoms with Gasteiger partial charge in [-0.15, -0.1) is 0 Å². The van der Waals surface area contributed by atoms with Crippen molar-refractivity contribution < 1.29 is 45.8 Å². The molecular formula is C31H27F3N2O7S. The van der Waals surface area contributed by atoms with E-state index in [2.05, 4.69) is 10.6 Å². The minimum absolute atomic E-state index is 0.131. The van der Waals surface area contributed by atoms with Crippen molar-refractivity contribution in [3.8, 4) is 5.75 Å². The Hall–Kier alpha value is -4.65. The molecule has 3 aromatic rings. The molecule has 13 heteroatoms. The van der Waals surface area contributed by atoms with Crippen LogP contribution in [0.5, 0.6) is 5.75 Å². The normalized spacial score (nSPS) is 20.7. The topological polar surface area (TPSA) is 139 Å². The molecule has 3 aromatic carbocycles. The molecule has 5 rings (SSSR count). The van der Waals surface area contributed by atoms with Crippen LogP contribution in [0.1, 0.15) is 38.3 Å². The number of hydrogen-bond acceptors (Lipinski definition) is 6. The van der Waals surface area contributed by atoms with E-state index in [0.717, 1.165) is 18.2 Å². The zero-order chi connectivity index (χ0) is 31.8. The number of aromatic carboxylic acids is 1. The number of alkyl halides is 3. The van der Waals surface area contributed by atoms with Crippen molar-refractivity contribution in [3.05, 3.63) is 101 Å². The quantitative estimate of drug-likeness (QED) is 0.289. The zero-order valence-electron chi connectivity index (χ0n) is 23.2. The third-order valence-corrected chi connectivity index (χ3v) is 9.41. The van der Waals surface area contributed by atoms with Crippen molar-refractivity contribution in [1.29, 1.82) is 0 Å². The molecule has 0 saturated heterocycles. The van der Waals surface area contributed by atoms with Crippen LogP contribution >= 0.6 is 0 Å². The third kappa shape index (κ3) is 5.91. The maximum absolute atomic E-state index is 13.6. The minimum Gasteiger partial charge on any atom is -0.496 e. The Morgan fingerprint density at radius 2 is 1.68 bits per heavy atom. The average Bonchev–Trinajstić information content (AvgIpc) is 3.59. The molecule has 9 nitrogen and oxygen atoms in total. The molecule has 0 heterocycles. The molecule has 230 valence electrons. The molecule has 0 spiro atoms. The second-order valence-corrected chi connectivity index (χ2v) is 12.6. The predicted octanol–water partition coefficient (Wildman–Crippen LogP) is 4.84. The highest BCUT2D eigenvalue weighted by molar-refractivity contribution is 7.92. The van der Waals surface area contributed by atoms with Gasteiger partial charge in [0.25, 0.3) is 15.7 Å². The summed E-state index contributed by atoms with van der Waals surface area (Å²) in [6.07, 6.45) is 4.54. The molecule has 1 fully saturated rings. The van der Waals surface area contributed by atoms with Gasteiger partial charge in [0.2, 0.25) is 5.91 Å². The number of hydrogen-bond donors (Lipinski definition) is 3. The number of allylic oxidation sites excluding steroid dienone is 1. The van der Waals surface area contributed by atoms with Crippen molar-refractivity contribution in [1.82, 2.24) is 5.32 Å². The molecule has 4 atom stereocenters. The van der Waals surface area contributed by atoms with Crippen LogP contribution in [-0.2, 0) is 21.1 Å². The van der Waals surface area contributed by atoms with Gasteiger partial charge in [0.15, 0.2) is 0 Å². The second-order valence-electron chi connectivity index (χ2n) is 10.6. The molecular weight excluding hydrogens is 601 g/mol. The van der Waals surface area contributed by atoms with Crippen molar-refractivity contribution in [2.24, 2.45) is 17.8 Å².